The van der Waals surface area contributed by atoms with Crippen molar-refractivity contribution in [3.63, 3.8) is 0 Å². The van der Waals surface area contributed by atoms with Crippen LogP contribution in [0, 0.1) is 12.7 Å². The third-order valence-corrected chi connectivity index (χ3v) is 6.22. The van der Waals surface area contributed by atoms with Gasteiger partial charge in [0.05, 0.1) is 43.7 Å². The molecule has 2 aromatic heterocycles. The number of morpholine rings is 1. The van der Waals surface area contributed by atoms with Crippen LogP contribution in [0.15, 0.2) is 67.3 Å². The Labute approximate surface area is 221 Å². The standard InChI is InChI=1S/C27H25FN4O7/c1-16-14-32(15-30-16)20-6-4-18(12-22(20)36-2)23-24(39-27(35)26(34)38-23)25(33)29-13-17-3-5-19(28)21(11-17)31-7-9-37-10-8-31/h3-6,11-12,14-15H,7-10,13H2,1-2H3,(H,29,33). The van der Waals surface area contributed by atoms with E-state index >= 15 is 0 Å². The van der Waals surface area contributed by atoms with E-state index in [-0.39, 0.29) is 23.7 Å². The van der Waals surface area contributed by atoms with E-state index < -0.39 is 22.9 Å². The Kier molecular flexibility index (Phi) is 7.28. The van der Waals surface area contributed by atoms with Crippen LogP contribution in [0.25, 0.3) is 17.0 Å². The first-order valence-electron chi connectivity index (χ1n) is 12.1. The number of imidazole rings is 1. The van der Waals surface area contributed by atoms with Gasteiger partial charge >= 0.3 is 11.3 Å². The molecule has 0 bridgehead atoms. The predicted molar refractivity (Wildman–Crippen MR) is 138 cm³/mol. The number of nitrogens with one attached hydrogen (secondary N) is 1. The number of anilines is 1. The summed E-state index contributed by atoms with van der Waals surface area (Å²) in [6.45, 7) is 3.93. The second-order valence-corrected chi connectivity index (χ2v) is 8.81. The van der Waals surface area contributed by atoms with Crippen LogP contribution in [0.5, 0.6) is 5.75 Å². The lowest BCUT2D eigenvalue weighted by Gasteiger charge is -2.29. The van der Waals surface area contributed by atoms with E-state index in [0.717, 1.165) is 5.69 Å². The average Bonchev–Trinajstić information content (AvgIpc) is 3.39. The second-order valence-electron chi connectivity index (χ2n) is 8.81. The van der Waals surface area contributed by atoms with Crippen LogP contribution >= 0.6 is 0 Å². The average molecular weight is 537 g/mol. The van der Waals surface area contributed by atoms with Crippen LogP contribution in [-0.2, 0) is 11.3 Å². The Hall–Kier alpha value is -4.71. The number of ether oxygens (including phenoxy) is 2. The number of carbonyl (C=O) groups is 1. The van der Waals surface area contributed by atoms with Gasteiger partial charge in [0.1, 0.15) is 11.6 Å². The van der Waals surface area contributed by atoms with Gasteiger partial charge in [-0.15, -0.1) is 0 Å². The van der Waals surface area contributed by atoms with Gasteiger partial charge in [-0.1, -0.05) is 6.07 Å². The van der Waals surface area contributed by atoms with Crippen molar-refractivity contribution in [3.8, 4) is 22.8 Å². The molecule has 1 saturated heterocycles. The summed E-state index contributed by atoms with van der Waals surface area (Å²) in [7, 11) is 1.47. The Balaban J connectivity index is 1.43. The second kappa shape index (κ2) is 11.0. The zero-order valence-electron chi connectivity index (χ0n) is 21.2. The molecule has 0 aliphatic carbocycles. The summed E-state index contributed by atoms with van der Waals surface area (Å²) in [6, 6.07) is 9.35. The van der Waals surface area contributed by atoms with Gasteiger partial charge in [-0.05, 0) is 42.8 Å². The monoisotopic (exact) mass is 536 g/mol. The molecule has 2 aromatic carbocycles. The minimum absolute atomic E-state index is 0.000962. The minimum atomic E-state index is -1.32. The van der Waals surface area contributed by atoms with E-state index in [1.165, 1.54) is 13.2 Å². The Bertz CT molecular complexity index is 1640. The summed E-state index contributed by atoms with van der Waals surface area (Å²) in [6.07, 6.45) is 3.42. The Morgan fingerprint density at radius 1 is 1.08 bits per heavy atom. The maximum atomic E-state index is 14.5. The molecule has 39 heavy (non-hydrogen) atoms. The van der Waals surface area contributed by atoms with Gasteiger partial charge < -0.3 is 33.1 Å². The van der Waals surface area contributed by atoms with Crippen LogP contribution in [-0.4, -0.2) is 48.9 Å². The molecule has 1 N–H and O–H groups in total. The molecule has 0 atom stereocenters. The molecule has 3 heterocycles. The normalized spacial score (nSPS) is 13.4. The molecule has 12 heteroatoms. The fourth-order valence-corrected chi connectivity index (χ4v) is 4.26. The van der Waals surface area contributed by atoms with Crippen molar-refractivity contribution in [1.29, 1.82) is 0 Å². The molecular formula is C27H25FN4O7. The van der Waals surface area contributed by atoms with Gasteiger partial charge in [0.15, 0.2) is 5.76 Å². The first kappa shape index (κ1) is 25.9. The molecule has 1 aliphatic rings. The van der Waals surface area contributed by atoms with Crippen LogP contribution in [0.1, 0.15) is 21.8 Å². The summed E-state index contributed by atoms with van der Waals surface area (Å²) in [5, 5.41) is 2.65. The smallest absolute Gasteiger partial charge is 0.423 e. The quantitative estimate of drug-likeness (QED) is 0.355. The van der Waals surface area contributed by atoms with Crippen LogP contribution in [0.4, 0.5) is 10.1 Å². The summed E-state index contributed by atoms with van der Waals surface area (Å²) < 4.78 is 37.3. The zero-order valence-corrected chi connectivity index (χ0v) is 21.2. The van der Waals surface area contributed by atoms with E-state index in [9.17, 15) is 18.8 Å². The molecule has 5 rings (SSSR count). The van der Waals surface area contributed by atoms with Gasteiger partial charge in [0.25, 0.3) is 5.91 Å². The molecule has 4 aromatic rings. The Morgan fingerprint density at radius 2 is 1.85 bits per heavy atom. The highest BCUT2D eigenvalue weighted by molar-refractivity contribution is 5.96. The summed E-state index contributed by atoms with van der Waals surface area (Å²) in [5.74, 6) is -1.50. The van der Waals surface area contributed by atoms with Gasteiger partial charge in [-0.25, -0.2) is 19.0 Å². The highest BCUT2D eigenvalue weighted by Gasteiger charge is 2.23. The molecular weight excluding hydrogens is 511 g/mol. The number of benzene rings is 2. The lowest BCUT2D eigenvalue weighted by Crippen LogP contribution is -2.36. The van der Waals surface area contributed by atoms with Crippen molar-refractivity contribution in [2.75, 3.05) is 38.3 Å². The number of rotatable bonds is 7. The molecule has 0 spiro atoms. The topological polar surface area (TPSA) is 129 Å². The lowest BCUT2D eigenvalue weighted by molar-refractivity contribution is 0.0913. The molecule has 0 saturated carbocycles. The van der Waals surface area contributed by atoms with E-state index in [0.29, 0.717) is 49.0 Å². The number of hydrogen-bond donors (Lipinski definition) is 1. The van der Waals surface area contributed by atoms with Crippen molar-refractivity contribution in [2.45, 2.75) is 13.5 Å². The number of amides is 1. The summed E-state index contributed by atoms with van der Waals surface area (Å²) in [4.78, 5) is 43.2. The maximum absolute atomic E-state index is 14.5. The van der Waals surface area contributed by atoms with E-state index in [2.05, 4.69) is 10.3 Å². The van der Waals surface area contributed by atoms with Crippen molar-refractivity contribution in [3.05, 3.63) is 92.6 Å². The van der Waals surface area contributed by atoms with E-state index in [4.69, 9.17) is 18.3 Å². The number of hydrogen-bond acceptors (Lipinski definition) is 9. The number of aryl methyl sites for hydroxylation is 1. The first-order valence-corrected chi connectivity index (χ1v) is 12.1. The molecule has 1 aliphatic heterocycles. The molecule has 1 fully saturated rings. The molecule has 0 radical (unpaired) electrons. The maximum Gasteiger partial charge on any atom is 0.423 e. The number of nitrogens with zero attached hydrogens (tertiary/aromatic N) is 3. The number of methoxy groups -OCH3 is 1. The summed E-state index contributed by atoms with van der Waals surface area (Å²) >= 11 is 0. The SMILES string of the molecule is COc1cc(-c2oc(=O)c(=O)oc2C(=O)NCc2ccc(F)c(N3CCOCC3)c2)ccc1-n1cnc(C)c1. The zero-order chi connectivity index (χ0) is 27.5. The van der Waals surface area contributed by atoms with Crippen molar-refractivity contribution >= 4 is 11.6 Å². The highest BCUT2D eigenvalue weighted by Crippen LogP contribution is 2.31. The molecule has 202 valence electrons. The largest absolute Gasteiger partial charge is 0.495 e. The number of halogens is 1. The van der Waals surface area contributed by atoms with E-state index in [1.807, 2.05) is 11.8 Å². The predicted octanol–water partition coefficient (Wildman–Crippen LogP) is 2.67. The van der Waals surface area contributed by atoms with Crippen LogP contribution in [0.3, 0.4) is 0 Å². The molecule has 11 nitrogen and oxygen atoms in total. The highest BCUT2D eigenvalue weighted by atomic mass is 19.1. The van der Waals surface area contributed by atoms with Crippen LogP contribution < -0.4 is 26.2 Å². The van der Waals surface area contributed by atoms with E-state index in [1.54, 1.807) is 47.4 Å². The lowest BCUT2D eigenvalue weighted by atomic mass is 10.1. The van der Waals surface area contributed by atoms with Gasteiger partial charge in [0.2, 0.25) is 5.76 Å². The van der Waals surface area contributed by atoms with Crippen molar-refractivity contribution < 1.29 is 27.5 Å². The number of carbonyl (C=O) groups excluding carboxylic acids is 1. The fraction of sp³-hybridized carbons (Fsp3) is 0.259. The van der Waals surface area contributed by atoms with Crippen LogP contribution in [0.2, 0.25) is 0 Å². The van der Waals surface area contributed by atoms with Crippen molar-refractivity contribution in [1.82, 2.24) is 14.9 Å². The summed E-state index contributed by atoms with van der Waals surface area (Å²) in [5.41, 5.74) is 0.169. The van der Waals surface area contributed by atoms with Gasteiger partial charge in [-0.3, -0.25) is 4.79 Å². The van der Waals surface area contributed by atoms with Gasteiger partial charge in [-0.2, -0.15) is 0 Å². The van der Waals surface area contributed by atoms with Gasteiger partial charge in [0, 0.05) is 31.4 Å². The van der Waals surface area contributed by atoms with Crippen molar-refractivity contribution in [2.24, 2.45) is 0 Å². The first-order chi connectivity index (χ1) is 18.8. The minimum Gasteiger partial charge on any atom is -0.495 e. The molecule has 0 unspecified atom stereocenters. The molecule has 1 amide bonds. The number of aromatic nitrogens is 2. The fourth-order valence-electron chi connectivity index (χ4n) is 4.26. The Morgan fingerprint density at radius 3 is 2.56 bits per heavy atom. The third kappa shape index (κ3) is 5.46. The third-order valence-electron chi connectivity index (χ3n) is 6.22.